The molecule has 164 valence electrons. The number of carbonyl (C=O) groups is 3. The summed E-state index contributed by atoms with van der Waals surface area (Å²) < 4.78 is 6.32. The molecule has 10 heteroatoms. The molecule has 0 saturated heterocycles. The lowest BCUT2D eigenvalue weighted by atomic mass is 10.2. The maximum Gasteiger partial charge on any atom is 0.357 e. The molecule has 0 saturated carbocycles. The molecule has 0 fully saturated rings. The van der Waals surface area contributed by atoms with Gasteiger partial charge < -0.3 is 4.74 Å². The smallest absolute Gasteiger partial charge is 0.357 e. The molecule has 0 spiro atoms. The molecule has 0 bridgehead atoms. The third-order valence-electron chi connectivity index (χ3n) is 4.12. The number of imide groups is 1. The van der Waals surface area contributed by atoms with Gasteiger partial charge in [0.1, 0.15) is 0 Å². The molecule has 3 rings (SSSR count). The molecule has 2 aromatic carbocycles. The van der Waals surface area contributed by atoms with Gasteiger partial charge in [-0.3, -0.25) is 14.9 Å². The van der Waals surface area contributed by atoms with Gasteiger partial charge in [-0.25, -0.2) is 4.79 Å². The largest absolute Gasteiger partial charge is 0.451 e. The van der Waals surface area contributed by atoms with Gasteiger partial charge in [-0.15, -0.1) is 16.9 Å². The fourth-order valence-electron chi connectivity index (χ4n) is 2.61. The van der Waals surface area contributed by atoms with E-state index in [1.54, 1.807) is 25.1 Å². The summed E-state index contributed by atoms with van der Waals surface area (Å²) in [6, 6.07) is 18.7. The average molecular weight is 452 g/mol. The Labute approximate surface area is 188 Å². The van der Waals surface area contributed by atoms with Crippen LogP contribution in [0.2, 0.25) is 0 Å². The molecule has 1 N–H and O–H groups in total. The summed E-state index contributed by atoms with van der Waals surface area (Å²) in [5.74, 6) is -1.05. The number of amides is 2. The number of carbonyl (C=O) groups excluding carboxylic acids is 3. The van der Waals surface area contributed by atoms with Crippen molar-refractivity contribution in [2.75, 3.05) is 12.4 Å². The van der Waals surface area contributed by atoms with E-state index in [0.717, 1.165) is 10.5 Å². The summed E-state index contributed by atoms with van der Waals surface area (Å²) in [7, 11) is 0. The number of aromatic nitrogens is 4. The summed E-state index contributed by atoms with van der Waals surface area (Å²) in [6.45, 7) is 1.02. The zero-order valence-corrected chi connectivity index (χ0v) is 18.1. The number of benzene rings is 2. The van der Waals surface area contributed by atoms with E-state index < -0.39 is 24.4 Å². The average Bonchev–Trinajstić information content (AvgIpc) is 3.22. The minimum Gasteiger partial charge on any atom is -0.451 e. The van der Waals surface area contributed by atoms with Crippen molar-refractivity contribution >= 4 is 41.3 Å². The van der Waals surface area contributed by atoms with Crippen LogP contribution < -0.4 is 5.32 Å². The lowest BCUT2D eigenvalue weighted by Crippen LogP contribution is -2.34. The zero-order chi connectivity index (χ0) is 22.8. The van der Waals surface area contributed by atoms with Crippen LogP contribution in [0.1, 0.15) is 17.8 Å². The normalized spacial score (nSPS) is 11.1. The van der Waals surface area contributed by atoms with Gasteiger partial charge in [0.15, 0.2) is 18.1 Å². The van der Waals surface area contributed by atoms with Gasteiger partial charge in [0.05, 0.1) is 0 Å². The number of hydrogen-bond acceptors (Lipinski definition) is 8. The van der Waals surface area contributed by atoms with Gasteiger partial charge in [0.25, 0.3) is 5.91 Å². The molecule has 1 aromatic heterocycles. The summed E-state index contributed by atoms with van der Waals surface area (Å²) in [6.07, 6.45) is 1.71. The molecule has 9 nitrogen and oxygen atoms in total. The minimum atomic E-state index is -0.800. The highest BCUT2D eigenvalue weighted by atomic mass is 32.2. The first-order chi connectivity index (χ1) is 15.5. The first-order valence-electron chi connectivity index (χ1n) is 9.72. The fraction of sp³-hybridized carbons (Fsp3) is 0.182. The van der Waals surface area contributed by atoms with Gasteiger partial charge in [-0.1, -0.05) is 48.5 Å². The van der Waals surface area contributed by atoms with Crippen LogP contribution in [0, 0.1) is 6.92 Å². The predicted octanol–water partition coefficient (Wildman–Crippen LogP) is 2.35. The van der Waals surface area contributed by atoms with Gasteiger partial charge in [0, 0.05) is 17.1 Å². The molecule has 1 heterocycles. The van der Waals surface area contributed by atoms with Crippen molar-refractivity contribution in [3.63, 3.8) is 0 Å². The zero-order valence-electron chi connectivity index (χ0n) is 17.3. The van der Waals surface area contributed by atoms with Crippen molar-refractivity contribution in [1.82, 2.24) is 25.5 Å². The lowest BCUT2D eigenvalue weighted by Gasteiger charge is -2.09. The maximum absolute atomic E-state index is 12.6. The Balaban J connectivity index is 1.53. The van der Waals surface area contributed by atoms with E-state index in [1.807, 2.05) is 48.5 Å². The molecule has 32 heavy (non-hydrogen) atoms. The van der Waals surface area contributed by atoms with E-state index in [2.05, 4.69) is 20.8 Å². The summed E-state index contributed by atoms with van der Waals surface area (Å²) >= 11 is 1.51. The number of esters is 1. The molecule has 0 aliphatic carbocycles. The Morgan fingerprint density at radius 2 is 1.72 bits per heavy atom. The highest BCUT2D eigenvalue weighted by Gasteiger charge is 2.19. The lowest BCUT2D eigenvalue weighted by molar-refractivity contribution is -0.144. The second-order valence-corrected chi connectivity index (χ2v) is 7.71. The van der Waals surface area contributed by atoms with Crippen molar-refractivity contribution in [3.05, 3.63) is 72.1 Å². The Morgan fingerprint density at radius 3 is 2.38 bits per heavy atom. The molecule has 0 aliphatic rings. The number of tetrazole rings is 1. The molecule has 0 radical (unpaired) electrons. The summed E-state index contributed by atoms with van der Waals surface area (Å²) in [4.78, 5) is 37.7. The first-order valence-corrected chi connectivity index (χ1v) is 10.7. The van der Waals surface area contributed by atoms with Crippen molar-refractivity contribution in [2.45, 2.75) is 18.2 Å². The molecular weight excluding hydrogens is 430 g/mol. The number of aryl methyl sites for hydroxylation is 1. The molecular formula is C22H21N5O4S. The van der Waals surface area contributed by atoms with Crippen LogP contribution in [0.25, 0.3) is 11.8 Å². The van der Waals surface area contributed by atoms with Crippen LogP contribution in [0.3, 0.4) is 0 Å². The Hall–Kier alpha value is -3.79. The van der Waals surface area contributed by atoms with Crippen molar-refractivity contribution in [2.24, 2.45) is 0 Å². The van der Waals surface area contributed by atoms with E-state index in [4.69, 9.17) is 4.74 Å². The molecule has 0 aliphatic heterocycles. The van der Waals surface area contributed by atoms with Crippen LogP contribution in [-0.4, -0.2) is 50.4 Å². The number of nitrogens with zero attached hydrogens (tertiary/aromatic N) is 4. The third kappa shape index (κ3) is 6.88. The van der Waals surface area contributed by atoms with Crippen LogP contribution in [0.4, 0.5) is 0 Å². The second kappa shape index (κ2) is 11.6. The molecule has 0 unspecified atom stereocenters. The Bertz CT molecular complexity index is 1100. The first kappa shape index (κ1) is 22.9. The number of nitrogens with one attached hydrogen (secondary N) is 1. The van der Waals surface area contributed by atoms with Crippen LogP contribution in [0.15, 0.2) is 65.6 Å². The Morgan fingerprint density at radius 1 is 1.03 bits per heavy atom. The molecule has 2 amide bonds. The fourth-order valence-corrected chi connectivity index (χ4v) is 3.48. The van der Waals surface area contributed by atoms with Crippen LogP contribution >= 0.6 is 11.8 Å². The van der Waals surface area contributed by atoms with Gasteiger partial charge in [0.2, 0.25) is 5.91 Å². The van der Waals surface area contributed by atoms with Crippen molar-refractivity contribution < 1.29 is 19.1 Å². The van der Waals surface area contributed by atoms with Crippen molar-refractivity contribution in [3.8, 4) is 0 Å². The number of hydrogen-bond donors (Lipinski definition) is 1. The van der Waals surface area contributed by atoms with E-state index in [-0.39, 0.29) is 12.1 Å². The Kier molecular flexibility index (Phi) is 8.27. The number of rotatable bonds is 9. The SMILES string of the molecule is Cc1nnnn1/C(=C\c1ccccc1)C(=O)OCC(=O)NC(=O)CCSc1ccccc1. The number of ether oxygens (including phenoxy) is 1. The molecule has 0 atom stereocenters. The van der Waals surface area contributed by atoms with Gasteiger partial charge >= 0.3 is 5.97 Å². The van der Waals surface area contributed by atoms with Gasteiger partial charge in [-0.2, -0.15) is 4.68 Å². The minimum absolute atomic E-state index is 0.0390. The molecule has 3 aromatic rings. The highest BCUT2D eigenvalue weighted by molar-refractivity contribution is 7.99. The monoisotopic (exact) mass is 451 g/mol. The topological polar surface area (TPSA) is 116 Å². The summed E-state index contributed by atoms with van der Waals surface area (Å²) in [5.41, 5.74) is 0.766. The van der Waals surface area contributed by atoms with E-state index in [1.165, 1.54) is 16.4 Å². The summed E-state index contributed by atoms with van der Waals surface area (Å²) in [5, 5.41) is 13.3. The van der Waals surface area contributed by atoms with E-state index in [0.29, 0.717) is 11.6 Å². The van der Waals surface area contributed by atoms with Crippen molar-refractivity contribution in [1.29, 1.82) is 0 Å². The second-order valence-electron chi connectivity index (χ2n) is 6.54. The van der Waals surface area contributed by atoms with Crippen LogP contribution in [-0.2, 0) is 19.1 Å². The third-order valence-corrected chi connectivity index (χ3v) is 5.13. The van der Waals surface area contributed by atoms with Gasteiger partial charge in [-0.05, 0) is 41.1 Å². The number of thioether (sulfide) groups is 1. The standard InChI is InChI=1S/C22H21N5O4S/c1-16-24-25-26-27(16)19(14-17-8-4-2-5-9-17)22(30)31-15-21(29)23-20(28)12-13-32-18-10-6-3-7-11-18/h2-11,14H,12-13,15H2,1H3,(H,23,28,29)/b19-14-. The quantitative estimate of drug-likeness (QED) is 0.299. The van der Waals surface area contributed by atoms with E-state index in [9.17, 15) is 14.4 Å². The van der Waals surface area contributed by atoms with E-state index >= 15 is 0 Å². The maximum atomic E-state index is 12.6. The van der Waals surface area contributed by atoms with Crippen LogP contribution in [0.5, 0.6) is 0 Å². The predicted molar refractivity (Wildman–Crippen MR) is 119 cm³/mol. The highest BCUT2D eigenvalue weighted by Crippen LogP contribution is 2.17.